The summed E-state index contributed by atoms with van der Waals surface area (Å²) < 4.78 is 1.86. The van der Waals surface area contributed by atoms with Gasteiger partial charge in [0.05, 0.1) is 18.6 Å². The molecule has 16 heavy (non-hydrogen) atoms. The fourth-order valence-electron chi connectivity index (χ4n) is 1.49. The lowest BCUT2D eigenvalue weighted by Gasteiger charge is -1.97. The number of hydrogen-bond donors (Lipinski definition) is 1. The van der Waals surface area contributed by atoms with Crippen molar-refractivity contribution in [3.05, 3.63) is 28.7 Å². The van der Waals surface area contributed by atoms with E-state index in [1.807, 2.05) is 16.4 Å². The van der Waals surface area contributed by atoms with E-state index in [1.165, 1.54) is 17.7 Å². The Morgan fingerprint density at radius 2 is 2.44 bits per heavy atom. The van der Waals surface area contributed by atoms with Gasteiger partial charge >= 0.3 is 0 Å². The minimum atomic E-state index is 0.702. The molecule has 1 saturated carbocycles. The van der Waals surface area contributed by atoms with E-state index in [4.69, 9.17) is 0 Å². The smallest absolute Gasteiger partial charge is 0.164 e. The molecule has 0 radical (unpaired) electrons. The van der Waals surface area contributed by atoms with Gasteiger partial charge in [-0.15, -0.1) is 11.3 Å². The van der Waals surface area contributed by atoms with Crippen LogP contribution < -0.4 is 5.32 Å². The summed E-state index contributed by atoms with van der Waals surface area (Å²) in [7, 11) is 0. The van der Waals surface area contributed by atoms with E-state index in [1.54, 1.807) is 17.7 Å². The molecule has 0 atom stereocenters. The van der Waals surface area contributed by atoms with E-state index < -0.39 is 0 Å². The Balaban J connectivity index is 1.58. The number of aromatic nitrogens is 4. The van der Waals surface area contributed by atoms with Crippen molar-refractivity contribution in [2.75, 3.05) is 0 Å². The van der Waals surface area contributed by atoms with Gasteiger partial charge in [0.15, 0.2) is 5.82 Å². The molecule has 2 aromatic rings. The minimum absolute atomic E-state index is 0.702. The second-order valence-electron chi connectivity index (χ2n) is 3.98. The van der Waals surface area contributed by atoms with E-state index in [9.17, 15) is 0 Å². The van der Waals surface area contributed by atoms with Crippen LogP contribution in [0.3, 0.4) is 0 Å². The van der Waals surface area contributed by atoms with Crippen molar-refractivity contribution in [3.63, 3.8) is 0 Å². The van der Waals surface area contributed by atoms with Crippen molar-refractivity contribution >= 4 is 11.3 Å². The summed E-state index contributed by atoms with van der Waals surface area (Å²) in [5.41, 5.74) is 1.84. The van der Waals surface area contributed by atoms with Gasteiger partial charge in [-0.05, 0) is 12.8 Å². The third-order valence-electron chi connectivity index (χ3n) is 2.51. The average molecular weight is 235 g/mol. The predicted molar refractivity (Wildman–Crippen MR) is 61.1 cm³/mol. The molecule has 1 aliphatic carbocycles. The summed E-state index contributed by atoms with van der Waals surface area (Å²) in [4.78, 5) is 9.51. The van der Waals surface area contributed by atoms with Crippen LogP contribution in [0.5, 0.6) is 0 Å². The summed E-state index contributed by atoms with van der Waals surface area (Å²) in [6.45, 7) is 1.54. The molecule has 2 heterocycles. The zero-order valence-corrected chi connectivity index (χ0v) is 9.65. The Bertz CT molecular complexity index is 445. The van der Waals surface area contributed by atoms with Crippen molar-refractivity contribution in [2.24, 2.45) is 0 Å². The number of nitrogens with one attached hydrogen (secondary N) is 1. The summed E-state index contributed by atoms with van der Waals surface area (Å²) in [5.74, 6) is 0.872. The van der Waals surface area contributed by atoms with E-state index in [-0.39, 0.29) is 0 Å². The Morgan fingerprint density at radius 1 is 1.50 bits per heavy atom. The van der Waals surface area contributed by atoms with Gasteiger partial charge in [0.1, 0.15) is 6.33 Å². The van der Waals surface area contributed by atoms with Crippen molar-refractivity contribution in [1.82, 2.24) is 25.1 Å². The van der Waals surface area contributed by atoms with Gasteiger partial charge in [0.25, 0.3) is 0 Å². The highest BCUT2D eigenvalue weighted by Crippen LogP contribution is 2.18. The molecule has 2 aromatic heterocycles. The summed E-state index contributed by atoms with van der Waals surface area (Å²) in [6, 6.07) is 0.702. The topological polar surface area (TPSA) is 55.6 Å². The molecule has 1 aliphatic rings. The molecule has 0 bridgehead atoms. The molecule has 0 spiro atoms. The van der Waals surface area contributed by atoms with E-state index in [0.717, 1.165) is 18.9 Å². The first-order valence-corrected chi connectivity index (χ1v) is 6.27. The molecule has 0 unspecified atom stereocenters. The van der Waals surface area contributed by atoms with Gasteiger partial charge in [-0.1, -0.05) is 0 Å². The number of rotatable bonds is 5. The van der Waals surface area contributed by atoms with E-state index in [0.29, 0.717) is 6.04 Å². The maximum Gasteiger partial charge on any atom is 0.164 e. The first-order chi connectivity index (χ1) is 7.90. The Kier molecular flexibility index (Phi) is 2.67. The normalized spacial score (nSPS) is 15.5. The molecule has 1 fully saturated rings. The largest absolute Gasteiger partial charge is 0.307 e. The Labute approximate surface area is 97.5 Å². The molecule has 84 valence electrons. The average Bonchev–Trinajstić information content (AvgIpc) is 2.78. The molecule has 5 nitrogen and oxygen atoms in total. The van der Waals surface area contributed by atoms with Gasteiger partial charge in [-0.25, -0.2) is 9.67 Å². The van der Waals surface area contributed by atoms with Crippen molar-refractivity contribution < 1.29 is 0 Å². The molecule has 3 rings (SSSR count). The fraction of sp³-hybridized carbons (Fsp3) is 0.500. The van der Waals surface area contributed by atoms with Gasteiger partial charge in [-0.2, -0.15) is 5.10 Å². The lowest BCUT2D eigenvalue weighted by molar-refractivity contribution is 0.630. The monoisotopic (exact) mass is 235 g/mol. The summed E-state index contributed by atoms with van der Waals surface area (Å²) in [5, 5.41) is 7.80. The molecule has 6 heteroatoms. The maximum atomic E-state index is 4.41. The lowest BCUT2D eigenvalue weighted by atomic mass is 10.5. The molecule has 0 amide bonds. The van der Waals surface area contributed by atoms with E-state index >= 15 is 0 Å². The molecule has 0 aromatic carbocycles. The van der Waals surface area contributed by atoms with Gasteiger partial charge in [0.2, 0.25) is 0 Å². The number of thiazole rings is 1. The van der Waals surface area contributed by atoms with E-state index in [2.05, 4.69) is 20.4 Å². The Hall–Kier alpha value is -1.27. The molecule has 0 aliphatic heterocycles. The van der Waals surface area contributed by atoms with Crippen LogP contribution in [0.4, 0.5) is 0 Å². The standard InChI is InChI=1S/C10H13N5S/c1-2-8(1)12-4-10-13-6-15(14-10)5-9-3-11-7-16-9/h3,6-8,12H,1-2,4-5H2. The first-order valence-electron chi connectivity index (χ1n) is 5.39. The van der Waals surface area contributed by atoms with Gasteiger partial charge < -0.3 is 5.32 Å². The second-order valence-corrected chi connectivity index (χ2v) is 4.95. The lowest BCUT2D eigenvalue weighted by Crippen LogP contribution is -2.16. The fourth-order valence-corrected chi connectivity index (χ4v) is 2.08. The van der Waals surface area contributed by atoms with Crippen LogP contribution in [0.2, 0.25) is 0 Å². The molecular formula is C10H13N5S. The number of nitrogens with zero attached hydrogens (tertiary/aromatic N) is 4. The van der Waals surface area contributed by atoms with Crippen molar-refractivity contribution in [1.29, 1.82) is 0 Å². The number of hydrogen-bond acceptors (Lipinski definition) is 5. The second kappa shape index (κ2) is 4.31. The third-order valence-corrected chi connectivity index (χ3v) is 3.28. The van der Waals surface area contributed by atoms with Crippen LogP contribution in [0.1, 0.15) is 23.5 Å². The van der Waals surface area contributed by atoms with Crippen LogP contribution in [-0.4, -0.2) is 25.8 Å². The van der Waals surface area contributed by atoms with Crippen LogP contribution in [0.25, 0.3) is 0 Å². The minimum Gasteiger partial charge on any atom is -0.307 e. The highest BCUT2D eigenvalue weighted by atomic mass is 32.1. The van der Waals surface area contributed by atoms with Gasteiger partial charge in [0, 0.05) is 17.1 Å². The highest BCUT2D eigenvalue weighted by Gasteiger charge is 2.20. The van der Waals surface area contributed by atoms with Crippen LogP contribution in [-0.2, 0) is 13.1 Å². The van der Waals surface area contributed by atoms with Crippen molar-refractivity contribution in [3.8, 4) is 0 Å². The quantitative estimate of drug-likeness (QED) is 0.841. The highest BCUT2D eigenvalue weighted by molar-refractivity contribution is 7.09. The van der Waals surface area contributed by atoms with Crippen molar-refractivity contribution in [2.45, 2.75) is 32.0 Å². The third kappa shape index (κ3) is 2.45. The molecular weight excluding hydrogens is 222 g/mol. The zero-order valence-electron chi connectivity index (χ0n) is 8.83. The maximum absolute atomic E-state index is 4.41. The molecule has 0 saturated heterocycles. The zero-order chi connectivity index (χ0) is 10.8. The molecule has 1 N–H and O–H groups in total. The predicted octanol–water partition coefficient (Wildman–Crippen LogP) is 1.03. The van der Waals surface area contributed by atoms with Crippen LogP contribution in [0.15, 0.2) is 18.0 Å². The van der Waals surface area contributed by atoms with Crippen LogP contribution in [0, 0.1) is 0 Å². The first kappa shape index (κ1) is 9.92. The van der Waals surface area contributed by atoms with Gasteiger partial charge in [-0.3, -0.25) is 4.98 Å². The Morgan fingerprint density at radius 3 is 3.19 bits per heavy atom. The van der Waals surface area contributed by atoms with Crippen LogP contribution >= 0.6 is 11.3 Å². The summed E-state index contributed by atoms with van der Waals surface area (Å²) in [6.07, 6.45) is 6.24. The SMILES string of the molecule is c1ncc(Cn2cnc(CNC3CC3)n2)s1. The summed E-state index contributed by atoms with van der Waals surface area (Å²) >= 11 is 1.64.